The third kappa shape index (κ3) is 4.01. The van der Waals surface area contributed by atoms with Crippen molar-refractivity contribution in [3.8, 4) is 0 Å². The summed E-state index contributed by atoms with van der Waals surface area (Å²) in [6.45, 7) is 5.55. The second kappa shape index (κ2) is 7.29. The molecule has 6 heteroatoms. The van der Waals surface area contributed by atoms with Gasteiger partial charge in [-0.3, -0.25) is 14.3 Å². The van der Waals surface area contributed by atoms with E-state index < -0.39 is 11.9 Å². The fourth-order valence-corrected chi connectivity index (χ4v) is 2.67. The van der Waals surface area contributed by atoms with Crippen molar-refractivity contribution in [2.24, 2.45) is 7.05 Å². The van der Waals surface area contributed by atoms with Gasteiger partial charge in [-0.1, -0.05) is 12.1 Å². The number of carboxylic acid groups (broad SMARTS) is 1. The molecule has 1 aromatic carbocycles. The fraction of sp³-hybridized carbons (Fsp3) is 0.389. The van der Waals surface area contributed by atoms with Crippen LogP contribution in [0.1, 0.15) is 41.8 Å². The van der Waals surface area contributed by atoms with Crippen LogP contribution in [-0.4, -0.2) is 26.8 Å². The summed E-state index contributed by atoms with van der Waals surface area (Å²) in [5, 5.41) is 16.3. The maximum atomic E-state index is 12.2. The zero-order valence-electron chi connectivity index (χ0n) is 14.5. The molecule has 0 saturated heterocycles. The molecule has 0 spiro atoms. The number of hydrogen-bond acceptors (Lipinski definition) is 3. The lowest BCUT2D eigenvalue weighted by Gasteiger charge is -2.10. The van der Waals surface area contributed by atoms with Crippen LogP contribution in [0.5, 0.6) is 0 Å². The molecule has 2 rings (SSSR count). The van der Waals surface area contributed by atoms with Crippen LogP contribution < -0.4 is 5.32 Å². The molecule has 0 aliphatic carbocycles. The Morgan fingerprint density at radius 2 is 2.04 bits per heavy atom. The molecule has 0 aliphatic heterocycles. The van der Waals surface area contributed by atoms with Gasteiger partial charge in [0.25, 0.3) is 0 Å². The van der Waals surface area contributed by atoms with Gasteiger partial charge in [0.2, 0.25) is 5.91 Å². The van der Waals surface area contributed by atoms with Gasteiger partial charge in [-0.05, 0) is 50.5 Å². The lowest BCUT2D eigenvalue weighted by molar-refractivity contribution is -0.138. The van der Waals surface area contributed by atoms with E-state index in [0.717, 1.165) is 17.0 Å². The number of rotatable bonds is 6. The van der Waals surface area contributed by atoms with Gasteiger partial charge in [0.1, 0.15) is 0 Å². The summed E-state index contributed by atoms with van der Waals surface area (Å²) < 4.78 is 1.82. The van der Waals surface area contributed by atoms with Crippen LogP contribution >= 0.6 is 0 Å². The van der Waals surface area contributed by atoms with Crippen molar-refractivity contribution in [2.75, 3.05) is 5.32 Å². The van der Waals surface area contributed by atoms with Gasteiger partial charge in [-0.15, -0.1) is 0 Å². The average molecular weight is 329 g/mol. The number of carbonyl (C=O) groups is 2. The van der Waals surface area contributed by atoms with Crippen LogP contribution in [0.3, 0.4) is 0 Å². The van der Waals surface area contributed by atoms with Crippen LogP contribution in [-0.2, 0) is 23.1 Å². The minimum Gasteiger partial charge on any atom is -0.481 e. The average Bonchev–Trinajstić information content (AvgIpc) is 2.77. The topological polar surface area (TPSA) is 84.2 Å². The van der Waals surface area contributed by atoms with Gasteiger partial charge < -0.3 is 10.4 Å². The lowest BCUT2D eigenvalue weighted by atomic mass is 10.0. The Morgan fingerprint density at radius 3 is 2.62 bits per heavy atom. The van der Waals surface area contributed by atoms with Crippen LogP contribution in [0.4, 0.5) is 5.69 Å². The highest BCUT2D eigenvalue weighted by Crippen LogP contribution is 2.20. The molecule has 1 heterocycles. The molecule has 6 nitrogen and oxygen atoms in total. The largest absolute Gasteiger partial charge is 0.481 e. The van der Waals surface area contributed by atoms with Gasteiger partial charge >= 0.3 is 5.97 Å². The summed E-state index contributed by atoms with van der Waals surface area (Å²) in [6, 6.07) is 6.96. The predicted octanol–water partition coefficient (Wildman–Crippen LogP) is 2.80. The summed E-state index contributed by atoms with van der Waals surface area (Å²) in [4.78, 5) is 23.2. The van der Waals surface area contributed by atoms with Crippen molar-refractivity contribution >= 4 is 17.6 Å². The van der Waals surface area contributed by atoms with Gasteiger partial charge in [0.05, 0.1) is 11.6 Å². The van der Waals surface area contributed by atoms with Crippen molar-refractivity contribution in [2.45, 2.75) is 39.5 Å². The summed E-state index contributed by atoms with van der Waals surface area (Å²) in [7, 11) is 1.89. The van der Waals surface area contributed by atoms with Gasteiger partial charge in [-0.2, -0.15) is 5.10 Å². The Balaban J connectivity index is 2.00. The van der Waals surface area contributed by atoms with E-state index in [-0.39, 0.29) is 5.91 Å². The molecule has 1 unspecified atom stereocenters. The molecular weight excluding hydrogens is 306 g/mol. The molecule has 0 bridgehead atoms. The number of amides is 1. The molecule has 24 heavy (non-hydrogen) atoms. The zero-order valence-corrected chi connectivity index (χ0v) is 14.5. The van der Waals surface area contributed by atoms with Gasteiger partial charge in [0.15, 0.2) is 0 Å². The molecule has 1 atom stereocenters. The van der Waals surface area contributed by atoms with E-state index in [1.54, 1.807) is 31.2 Å². The zero-order chi connectivity index (χ0) is 17.9. The first kappa shape index (κ1) is 17.7. The quantitative estimate of drug-likeness (QED) is 0.853. The highest BCUT2D eigenvalue weighted by Gasteiger charge is 2.15. The van der Waals surface area contributed by atoms with Crippen molar-refractivity contribution in [1.29, 1.82) is 0 Å². The van der Waals surface area contributed by atoms with Crippen molar-refractivity contribution in [3.63, 3.8) is 0 Å². The lowest BCUT2D eigenvalue weighted by Crippen LogP contribution is -2.13. The number of anilines is 1. The number of hydrogen-bond donors (Lipinski definition) is 2. The normalized spacial score (nSPS) is 12.0. The van der Waals surface area contributed by atoms with Crippen molar-refractivity contribution in [1.82, 2.24) is 9.78 Å². The van der Waals surface area contributed by atoms with E-state index in [4.69, 9.17) is 5.11 Å². The SMILES string of the molecule is Cc1nn(C)c(C)c1CCC(=O)Nc1cccc(C(C)C(=O)O)c1. The first-order valence-electron chi connectivity index (χ1n) is 7.91. The first-order valence-corrected chi connectivity index (χ1v) is 7.91. The molecular formula is C18H23N3O3. The summed E-state index contributed by atoms with van der Waals surface area (Å²) in [5.74, 6) is -1.60. The Morgan fingerprint density at radius 1 is 1.33 bits per heavy atom. The third-order valence-electron chi connectivity index (χ3n) is 4.30. The highest BCUT2D eigenvalue weighted by atomic mass is 16.4. The maximum absolute atomic E-state index is 12.2. The number of nitrogens with one attached hydrogen (secondary N) is 1. The number of aliphatic carboxylic acids is 1. The molecule has 0 fully saturated rings. The van der Waals surface area contributed by atoms with Crippen LogP contribution in [0.25, 0.3) is 0 Å². The number of nitrogens with zero attached hydrogens (tertiary/aromatic N) is 2. The Kier molecular flexibility index (Phi) is 5.39. The number of carbonyl (C=O) groups excluding carboxylic acids is 1. The molecule has 2 aromatic rings. The molecule has 1 amide bonds. The Bertz CT molecular complexity index is 765. The molecule has 0 aliphatic rings. The van der Waals surface area contributed by atoms with E-state index in [0.29, 0.717) is 24.1 Å². The molecule has 0 radical (unpaired) electrons. The van der Waals surface area contributed by atoms with Crippen LogP contribution in [0, 0.1) is 13.8 Å². The smallest absolute Gasteiger partial charge is 0.310 e. The molecule has 2 N–H and O–H groups in total. The molecule has 1 aromatic heterocycles. The Hall–Kier alpha value is -2.63. The summed E-state index contributed by atoms with van der Waals surface area (Å²) in [5.41, 5.74) is 4.39. The Labute approximate surface area is 141 Å². The molecule has 0 saturated carbocycles. The molecule has 128 valence electrons. The number of carboxylic acids is 1. The van der Waals surface area contributed by atoms with Crippen LogP contribution in [0.15, 0.2) is 24.3 Å². The minimum absolute atomic E-state index is 0.0993. The predicted molar refractivity (Wildman–Crippen MR) is 92.1 cm³/mol. The second-order valence-corrected chi connectivity index (χ2v) is 6.01. The van der Waals surface area contributed by atoms with E-state index in [2.05, 4.69) is 10.4 Å². The second-order valence-electron chi connectivity index (χ2n) is 6.01. The third-order valence-corrected chi connectivity index (χ3v) is 4.30. The standard InChI is InChI=1S/C18H23N3O3/c1-11(18(23)24)14-6-5-7-15(10-14)19-17(22)9-8-16-12(2)20-21(4)13(16)3/h5-7,10-11H,8-9H2,1-4H3,(H,19,22)(H,23,24). The van der Waals surface area contributed by atoms with E-state index in [1.807, 2.05) is 25.6 Å². The van der Waals surface area contributed by atoms with E-state index >= 15 is 0 Å². The summed E-state index contributed by atoms with van der Waals surface area (Å²) in [6.07, 6.45) is 0.981. The first-order chi connectivity index (χ1) is 11.3. The number of aromatic nitrogens is 2. The van der Waals surface area contributed by atoms with E-state index in [1.165, 1.54) is 0 Å². The van der Waals surface area contributed by atoms with Crippen LogP contribution in [0.2, 0.25) is 0 Å². The fourth-order valence-electron chi connectivity index (χ4n) is 2.67. The number of benzene rings is 1. The van der Waals surface area contributed by atoms with Gasteiger partial charge in [-0.25, -0.2) is 0 Å². The minimum atomic E-state index is -0.888. The van der Waals surface area contributed by atoms with E-state index in [9.17, 15) is 9.59 Å². The maximum Gasteiger partial charge on any atom is 0.310 e. The number of aryl methyl sites for hydroxylation is 2. The van der Waals surface area contributed by atoms with Crippen molar-refractivity contribution < 1.29 is 14.7 Å². The van der Waals surface area contributed by atoms with Crippen molar-refractivity contribution in [3.05, 3.63) is 46.8 Å². The summed E-state index contributed by atoms with van der Waals surface area (Å²) >= 11 is 0. The monoisotopic (exact) mass is 329 g/mol. The van der Waals surface area contributed by atoms with Gasteiger partial charge in [0, 0.05) is 24.8 Å². The highest BCUT2D eigenvalue weighted by molar-refractivity contribution is 5.91.